The first-order valence-corrected chi connectivity index (χ1v) is 6.37. The molecule has 2 atom stereocenters. The minimum absolute atomic E-state index is 0.303. The normalized spacial score (nSPS) is 29.9. The van der Waals surface area contributed by atoms with Gasteiger partial charge in [0, 0.05) is 22.0 Å². The molecule has 0 radical (unpaired) electrons. The molecule has 0 bridgehead atoms. The lowest BCUT2D eigenvalue weighted by atomic mass is 9.95. The van der Waals surface area contributed by atoms with E-state index in [2.05, 4.69) is 0 Å². The number of rotatable bonds is 2. The van der Waals surface area contributed by atoms with Crippen molar-refractivity contribution in [3.63, 3.8) is 0 Å². The van der Waals surface area contributed by atoms with Gasteiger partial charge in [0.05, 0.1) is 0 Å². The van der Waals surface area contributed by atoms with Crippen LogP contribution in [0.15, 0.2) is 0 Å². The molecule has 1 aliphatic carbocycles. The first-order chi connectivity index (χ1) is 5.93. The van der Waals surface area contributed by atoms with Crippen molar-refractivity contribution in [1.29, 1.82) is 0 Å². The maximum atomic E-state index is 11.0. The Morgan fingerprint density at radius 1 is 1.31 bits per heavy atom. The lowest BCUT2D eigenvalue weighted by Crippen LogP contribution is -2.40. The highest BCUT2D eigenvalue weighted by Gasteiger charge is 2.41. The molecule has 0 N–H and O–H groups in total. The third-order valence-corrected chi connectivity index (χ3v) is 4.26. The maximum absolute atomic E-state index is 11.0. The predicted molar refractivity (Wildman–Crippen MR) is 47.8 cm³/mol. The summed E-state index contributed by atoms with van der Waals surface area (Å²) in [5.74, 6) is 0. The van der Waals surface area contributed by atoms with E-state index in [0.717, 1.165) is 0 Å². The van der Waals surface area contributed by atoms with Crippen LogP contribution in [0.5, 0.6) is 0 Å². The Morgan fingerprint density at radius 3 is 2.23 bits per heavy atom. The van der Waals surface area contributed by atoms with Gasteiger partial charge >= 0.3 is 0 Å². The van der Waals surface area contributed by atoms with Crippen LogP contribution in [0.4, 0.5) is 0 Å². The molecule has 0 aromatic rings. The molecule has 1 rings (SSSR count). The van der Waals surface area contributed by atoms with Gasteiger partial charge in [-0.3, -0.25) is 10.1 Å². The molecular weight excluding hydrogens is 218 g/mol. The van der Waals surface area contributed by atoms with Crippen molar-refractivity contribution < 1.29 is 13.3 Å². The van der Waals surface area contributed by atoms with Gasteiger partial charge < -0.3 is 0 Å². The average molecular weight is 228 g/mol. The molecule has 0 amide bonds. The molecule has 0 spiro atoms. The van der Waals surface area contributed by atoms with Gasteiger partial charge in [0.25, 0.3) is 0 Å². The average Bonchev–Trinajstić information content (AvgIpc) is 2.03. The number of halogens is 1. The highest BCUT2D eigenvalue weighted by atomic mass is 35.7. The Bertz CT molecular complexity index is 302. The number of hydrogen-bond acceptors (Lipinski definition) is 4. The SMILES string of the molecule is O=[N+]([O-])C1CCCCC1S(=O)(=O)Cl. The second-order valence-electron chi connectivity index (χ2n) is 3.15. The third kappa shape index (κ3) is 2.54. The van der Waals surface area contributed by atoms with Gasteiger partial charge in [-0.2, -0.15) is 0 Å². The molecule has 7 heteroatoms. The summed E-state index contributed by atoms with van der Waals surface area (Å²) in [6.07, 6.45) is 2.01. The number of hydrogen-bond donors (Lipinski definition) is 0. The van der Waals surface area contributed by atoms with Crippen molar-refractivity contribution in [2.45, 2.75) is 37.0 Å². The molecule has 0 heterocycles. The highest BCUT2D eigenvalue weighted by molar-refractivity contribution is 8.14. The molecule has 5 nitrogen and oxygen atoms in total. The van der Waals surface area contributed by atoms with E-state index < -0.39 is 25.3 Å². The Balaban J connectivity index is 2.86. The zero-order valence-corrected chi connectivity index (χ0v) is 8.42. The van der Waals surface area contributed by atoms with E-state index in [1.807, 2.05) is 0 Å². The van der Waals surface area contributed by atoms with E-state index in [4.69, 9.17) is 10.7 Å². The van der Waals surface area contributed by atoms with Crippen molar-refractivity contribution in [2.75, 3.05) is 0 Å². The van der Waals surface area contributed by atoms with Crippen molar-refractivity contribution in [2.24, 2.45) is 0 Å². The number of nitrogens with zero attached hydrogens (tertiary/aromatic N) is 1. The molecular formula is C6H10ClNO4S. The van der Waals surface area contributed by atoms with E-state index in [9.17, 15) is 18.5 Å². The monoisotopic (exact) mass is 227 g/mol. The molecule has 1 saturated carbocycles. The van der Waals surface area contributed by atoms with Crippen LogP contribution < -0.4 is 0 Å². The molecule has 2 unspecified atom stereocenters. The molecule has 76 valence electrons. The summed E-state index contributed by atoms with van der Waals surface area (Å²) in [6.45, 7) is 0. The Labute approximate surface area is 80.6 Å². The smallest absolute Gasteiger partial charge is 0.242 e. The molecule has 1 fully saturated rings. The van der Waals surface area contributed by atoms with E-state index >= 15 is 0 Å². The van der Waals surface area contributed by atoms with Crippen LogP contribution in [0, 0.1) is 10.1 Å². The molecule has 0 aromatic heterocycles. The van der Waals surface area contributed by atoms with Crippen LogP contribution in [0.2, 0.25) is 0 Å². The lowest BCUT2D eigenvalue weighted by Gasteiger charge is -2.22. The van der Waals surface area contributed by atoms with Crippen LogP contribution in [0.1, 0.15) is 25.7 Å². The van der Waals surface area contributed by atoms with E-state index in [0.29, 0.717) is 25.7 Å². The van der Waals surface area contributed by atoms with Crippen LogP contribution in [0.25, 0.3) is 0 Å². The first-order valence-electron chi connectivity index (χ1n) is 4.00. The third-order valence-electron chi connectivity index (χ3n) is 2.30. The summed E-state index contributed by atoms with van der Waals surface area (Å²) in [6, 6.07) is -1.02. The van der Waals surface area contributed by atoms with Gasteiger partial charge in [-0.15, -0.1) is 0 Å². The Hall–Kier alpha value is -0.360. The van der Waals surface area contributed by atoms with Crippen molar-refractivity contribution >= 4 is 19.7 Å². The second-order valence-corrected chi connectivity index (χ2v) is 6.00. The zero-order chi connectivity index (χ0) is 10.1. The van der Waals surface area contributed by atoms with E-state index in [1.165, 1.54) is 0 Å². The zero-order valence-electron chi connectivity index (χ0n) is 6.85. The molecule has 0 saturated heterocycles. The van der Waals surface area contributed by atoms with Gasteiger partial charge in [0.1, 0.15) is 5.25 Å². The maximum Gasteiger partial charge on any atom is 0.242 e. The Morgan fingerprint density at radius 2 is 1.85 bits per heavy atom. The highest BCUT2D eigenvalue weighted by Crippen LogP contribution is 2.28. The summed E-state index contributed by atoms with van der Waals surface area (Å²) in [7, 11) is 1.33. The lowest BCUT2D eigenvalue weighted by molar-refractivity contribution is -0.524. The fraction of sp³-hybridized carbons (Fsp3) is 1.00. The van der Waals surface area contributed by atoms with Gasteiger partial charge in [-0.05, 0) is 12.8 Å². The standard InChI is InChI=1S/C6H10ClNO4S/c7-13(11,12)6-4-2-1-3-5(6)8(9)10/h5-6H,1-4H2. The summed E-state index contributed by atoms with van der Waals surface area (Å²) in [5, 5.41) is 9.49. The van der Waals surface area contributed by atoms with E-state index in [1.54, 1.807) is 0 Å². The minimum Gasteiger partial charge on any atom is -0.264 e. The van der Waals surface area contributed by atoms with Crippen LogP contribution >= 0.6 is 10.7 Å². The summed E-state index contributed by atoms with van der Waals surface area (Å²) in [5.41, 5.74) is 0. The topological polar surface area (TPSA) is 77.3 Å². The van der Waals surface area contributed by atoms with Crippen molar-refractivity contribution in [1.82, 2.24) is 0 Å². The number of nitro groups is 1. The fourth-order valence-electron chi connectivity index (χ4n) is 1.65. The second kappa shape index (κ2) is 3.79. The van der Waals surface area contributed by atoms with Crippen molar-refractivity contribution in [3.8, 4) is 0 Å². The first kappa shape index (κ1) is 10.7. The predicted octanol–water partition coefficient (Wildman–Crippen LogP) is 1.14. The largest absolute Gasteiger partial charge is 0.264 e. The van der Waals surface area contributed by atoms with E-state index in [-0.39, 0.29) is 0 Å². The molecule has 0 aromatic carbocycles. The summed E-state index contributed by atoms with van der Waals surface area (Å²) < 4.78 is 21.9. The molecule has 13 heavy (non-hydrogen) atoms. The van der Waals surface area contributed by atoms with Gasteiger partial charge in [-0.1, -0.05) is 6.42 Å². The van der Waals surface area contributed by atoms with Gasteiger partial charge in [0.15, 0.2) is 0 Å². The van der Waals surface area contributed by atoms with Gasteiger partial charge in [-0.25, -0.2) is 8.42 Å². The Kier molecular flexibility index (Phi) is 3.13. The molecule has 1 aliphatic rings. The summed E-state index contributed by atoms with van der Waals surface area (Å²) in [4.78, 5) is 9.96. The fourth-order valence-corrected chi connectivity index (χ4v) is 3.33. The molecule has 0 aliphatic heterocycles. The van der Waals surface area contributed by atoms with Crippen molar-refractivity contribution in [3.05, 3.63) is 10.1 Å². The quantitative estimate of drug-likeness (QED) is 0.403. The minimum atomic E-state index is -3.79. The van der Waals surface area contributed by atoms with Crippen LogP contribution in [0.3, 0.4) is 0 Å². The summed E-state index contributed by atoms with van der Waals surface area (Å²) >= 11 is 0. The van der Waals surface area contributed by atoms with Gasteiger partial charge in [0.2, 0.25) is 15.1 Å². The van der Waals surface area contributed by atoms with Crippen LogP contribution in [-0.2, 0) is 9.05 Å². The van der Waals surface area contributed by atoms with Crippen LogP contribution in [-0.4, -0.2) is 24.6 Å².